The van der Waals surface area contributed by atoms with E-state index in [9.17, 15) is 0 Å². The minimum absolute atomic E-state index is 0. The first-order chi connectivity index (χ1) is 19.3. The number of thiocarbonyl (C=S) groups is 4. The number of hydrogen-bond acceptors (Lipinski definition) is 9. The first kappa shape index (κ1) is 55.9. The second-order valence-corrected chi connectivity index (χ2v) is 15.0. The molecule has 8 N–H and O–H groups in total. The van der Waals surface area contributed by atoms with Crippen LogP contribution in [-0.2, 0) is 71.6 Å². The van der Waals surface area contributed by atoms with Gasteiger partial charge in [-0.2, -0.15) is 11.8 Å². The zero-order valence-electron chi connectivity index (χ0n) is 25.9. The molecule has 42 heavy (non-hydrogen) atoms. The zero-order valence-corrected chi connectivity index (χ0v) is 35.3. The summed E-state index contributed by atoms with van der Waals surface area (Å²) in [7, 11) is 0. The summed E-state index contributed by atoms with van der Waals surface area (Å²) >= 11 is 35.2. The van der Waals surface area contributed by atoms with E-state index in [4.69, 9.17) is 0 Å². The Kier molecular flexibility index (Phi) is 73.0. The van der Waals surface area contributed by atoms with Gasteiger partial charge in [-0.25, -0.2) is 0 Å². The quantitative estimate of drug-likeness (QED) is 0.0363. The molecule has 0 atom stereocenters. The van der Waals surface area contributed by atoms with Gasteiger partial charge in [0.1, 0.15) is 0 Å². The van der Waals surface area contributed by atoms with Crippen LogP contribution in [0, 0.1) is 0 Å². The van der Waals surface area contributed by atoms with Crippen molar-refractivity contribution >= 4 is 128 Å². The van der Waals surface area contributed by atoms with E-state index in [2.05, 4.69) is 148 Å². The van der Waals surface area contributed by atoms with Crippen molar-refractivity contribution in [3.8, 4) is 0 Å². The Labute approximate surface area is 323 Å². The molecule has 0 aromatic carbocycles. The van der Waals surface area contributed by atoms with Crippen LogP contribution in [0.2, 0.25) is 0 Å². The average Bonchev–Trinajstić information content (AvgIpc) is 2.84. The van der Waals surface area contributed by atoms with E-state index in [1.54, 1.807) is 0 Å². The summed E-state index contributed by atoms with van der Waals surface area (Å²) in [6.45, 7) is 4.60. The maximum absolute atomic E-state index is 4.66. The van der Waals surface area contributed by atoms with Crippen LogP contribution < -0.4 is 22.9 Å². The van der Waals surface area contributed by atoms with Crippen LogP contribution in [0.3, 0.4) is 0 Å². The van der Waals surface area contributed by atoms with Crippen molar-refractivity contribution in [2.24, 2.45) is 22.9 Å². The summed E-state index contributed by atoms with van der Waals surface area (Å²) in [5, 5.41) is 0. The number of thioether (sulfide) groups is 1. The molecule has 0 amide bonds. The molecule has 0 saturated heterocycles. The zero-order chi connectivity index (χ0) is 32.6. The summed E-state index contributed by atoms with van der Waals surface area (Å²) in [5.41, 5.74) is 18.6. The van der Waals surface area contributed by atoms with Gasteiger partial charge in [0, 0.05) is 0 Å². The van der Waals surface area contributed by atoms with Crippen molar-refractivity contribution in [3.05, 3.63) is 0 Å². The van der Waals surface area contributed by atoms with Crippen molar-refractivity contribution in [2.45, 2.75) is 142 Å². The Balaban J connectivity index is -0.000000155. The molecule has 0 aliphatic rings. The summed E-state index contributed by atoms with van der Waals surface area (Å²) in [6.07, 6.45) is 29.2. The van der Waals surface area contributed by atoms with Gasteiger partial charge in [0.15, 0.2) is 0 Å². The summed E-state index contributed by atoms with van der Waals surface area (Å²) < 4.78 is 0.333. The fraction of sp³-hybridized carbons (Fsp3) is 0.857. The molecule has 250 valence electrons. The van der Waals surface area contributed by atoms with E-state index in [1.807, 2.05) is 0 Å². The molecule has 0 aromatic rings. The molecule has 0 heterocycles. The van der Waals surface area contributed by atoms with Crippen molar-refractivity contribution in [1.29, 1.82) is 0 Å². The average molecular weight is 835 g/mol. The van der Waals surface area contributed by atoms with Gasteiger partial charge in [0.2, 0.25) is 0 Å². The molecule has 0 unspecified atom stereocenters. The van der Waals surface area contributed by atoms with E-state index in [1.165, 1.54) is 140 Å². The molecule has 0 spiro atoms. The number of hydrogen-bond donors (Lipinski definition) is 4. The normalized spacial score (nSPS) is 9.00. The van der Waals surface area contributed by atoms with Crippen LogP contribution >= 0.6 is 60.6 Å². The molecule has 0 aliphatic heterocycles. The predicted octanol–water partition coefficient (Wildman–Crippen LogP) is 8.67. The van der Waals surface area contributed by atoms with E-state index < -0.39 is 0 Å². The first-order valence-electron chi connectivity index (χ1n) is 14.8. The maximum atomic E-state index is 4.66. The van der Waals surface area contributed by atoms with Gasteiger partial charge < -0.3 is 122 Å². The Bertz CT molecular complexity index is 475. The molecule has 0 saturated carbocycles. The van der Waals surface area contributed by atoms with Crippen LogP contribution in [-0.4, -0.2) is 28.8 Å². The Hall–Kier alpha value is 1.48. The molecule has 0 rings (SSSR count). The second kappa shape index (κ2) is 54.9. The summed E-state index contributed by atoms with van der Waals surface area (Å²) in [5.74, 6) is 2.82. The SMILES string of the molecule is CCCCCCCCCCCCSCCCCCCCCCCCC.NC(=S)[S-].NC(=S)[S-].NC(=S)[S-].NC(=S)[S-].[Mo+4]. The van der Waals surface area contributed by atoms with Gasteiger partial charge in [-0.1, -0.05) is 147 Å². The molecule has 0 bridgehead atoms. The Morgan fingerprint density at radius 3 is 0.714 bits per heavy atom. The molecular weight excluding hydrogens is 777 g/mol. The van der Waals surface area contributed by atoms with Crippen LogP contribution in [0.4, 0.5) is 0 Å². The van der Waals surface area contributed by atoms with Gasteiger partial charge in [-0.05, 0) is 24.3 Å². The smallest absolute Gasteiger partial charge is 0.415 e. The first-order valence-corrected chi connectivity index (χ1v) is 19.2. The van der Waals surface area contributed by atoms with E-state index in [-0.39, 0.29) is 38.3 Å². The molecular formula is C28H58MoN4S9. The monoisotopic (exact) mass is 836 g/mol. The molecule has 4 nitrogen and oxygen atoms in total. The fourth-order valence-electron chi connectivity index (χ4n) is 3.49. The Morgan fingerprint density at radius 2 is 0.548 bits per heavy atom. The topological polar surface area (TPSA) is 104 Å². The van der Waals surface area contributed by atoms with Gasteiger partial charge in [0.05, 0.1) is 0 Å². The van der Waals surface area contributed by atoms with E-state index >= 15 is 0 Å². The second-order valence-electron chi connectivity index (χ2n) is 9.25. The van der Waals surface area contributed by atoms with Crippen molar-refractivity contribution < 1.29 is 21.1 Å². The molecule has 0 aliphatic carbocycles. The fourth-order valence-corrected chi connectivity index (χ4v) is 4.51. The molecule has 14 heteroatoms. The van der Waals surface area contributed by atoms with Crippen molar-refractivity contribution in [1.82, 2.24) is 0 Å². The minimum atomic E-state index is 0. The third-order valence-corrected chi connectivity index (χ3v) is 6.44. The number of nitrogens with two attached hydrogens (primary N) is 4. The van der Waals surface area contributed by atoms with Crippen molar-refractivity contribution in [2.75, 3.05) is 11.5 Å². The van der Waals surface area contributed by atoms with Crippen LogP contribution in [0.1, 0.15) is 142 Å². The van der Waals surface area contributed by atoms with E-state index in [0.29, 0.717) is 0 Å². The largest absolute Gasteiger partial charge is 4.00 e. The maximum Gasteiger partial charge on any atom is 4.00 e. The van der Waals surface area contributed by atoms with Crippen LogP contribution in [0.5, 0.6) is 0 Å². The molecule has 0 fully saturated rings. The standard InChI is InChI=1S/C24H50S.4CH3NS2.Mo/c1-3-5-7-9-11-13-15-17-19-21-23-25-24-22-20-18-16-14-12-10-8-6-4-2;4*2-1(3)4;/h3-24H2,1-2H3;4*(H3,2,3,4);/q;;;;;+4/p-4. The van der Waals surface area contributed by atoms with Gasteiger partial charge >= 0.3 is 21.1 Å². The predicted molar refractivity (Wildman–Crippen MR) is 218 cm³/mol. The summed E-state index contributed by atoms with van der Waals surface area (Å²) in [6, 6.07) is 0. The van der Waals surface area contributed by atoms with Crippen molar-refractivity contribution in [3.63, 3.8) is 0 Å². The third-order valence-electron chi connectivity index (χ3n) is 5.28. The Morgan fingerprint density at radius 1 is 0.405 bits per heavy atom. The molecule has 0 aromatic heterocycles. The van der Waals surface area contributed by atoms with Gasteiger partial charge in [-0.3, -0.25) is 0 Å². The molecule has 0 radical (unpaired) electrons. The van der Waals surface area contributed by atoms with Gasteiger partial charge in [0.25, 0.3) is 0 Å². The van der Waals surface area contributed by atoms with E-state index in [0.717, 1.165) is 0 Å². The number of unbranched alkanes of at least 4 members (excludes halogenated alkanes) is 18. The van der Waals surface area contributed by atoms with Crippen LogP contribution in [0.15, 0.2) is 0 Å². The van der Waals surface area contributed by atoms with Gasteiger partial charge in [-0.15, -0.1) is 0 Å². The van der Waals surface area contributed by atoms with Crippen LogP contribution in [0.25, 0.3) is 0 Å². The number of rotatable bonds is 22. The third kappa shape index (κ3) is 123. The minimum Gasteiger partial charge on any atom is -0.415 e. The summed E-state index contributed by atoms with van der Waals surface area (Å²) in [4.78, 5) is 0.